The predicted octanol–water partition coefficient (Wildman–Crippen LogP) is 3.69. The van der Waals surface area contributed by atoms with Crippen LogP contribution in [0, 0.1) is 6.92 Å². The van der Waals surface area contributed by atoms with Crippen LogP contribution in [0.15, 0.2) is 36.7 Å². The van der Waals surface area contributed by atoms with Crippen LogP contribution in [0.3, 0.4) is 0 Å². The maximum Gasteiger partial charge on any atom is 0.141 e. The Kier molecular flexibility index (Phi) is 2.93. The summed E-state index contributed by atoms with van der Waals surface area (Å²) in [6.45, 7) is 6.26. The van der Waals surface area contributed by atoms with E-state index in [-0.39, 0.29) is 5.75 Å². The minimum atomic E-state index is 0.278. The highest BCUT2D eigenvalue weighted by Crippen LogP contribution is 2.31. The van der Waals surface area contributed by atoms with Gasteiger partial charge in [0.1, 0.15) is 17.1 Å². The number of pyridine rings is 1. The molecule has 0 saturated carbocycles. The Morgan fingerprint density at radius 3 is 2.70 bits per heavy atom. The third kappa shape index (κ3) is 1.93. The van der Waals surface area contributed by atoms with Gasteiger partial charge < -0.3 is 9.67 Å². The van der Waals surface area contributed by atoms with Gasteiger partial charge in [0.05, 0.1) is 11.7 Å². The molecule has 1 aromatic carbocycles. The summed E-state index contributed by atoms with van der Waals surface area (Å²) in [5, 5.41) is 9.57. The molecule has 0 fully saturated rings. The molecule has 0 bridgehead atoms. The van der Waals surface area contributed by atoms with Crippen LogP contribution in [0.2, 0.25) is 0 Å². The van der Waals surface area contributed by atoms with E-state index < -0.39 is 0 Å². The van der Waals surface area contributed by atoms with E-state index in [1.165, 1.54) is 0 Å². The normalized spacial score (nSPS) is 11.4. The standard InChI is InChI=1S/C16H17N3O/c1-10(2)19-15-6-7-17-9-14(15)18-16(19)13-5-4-12(20)8-11(13)3/h4-10,20H,1-3H3. The zero-order chi connectivity index (χ0) is 14.3. The van der Waals surface area contributed by atoms with Crippen molar-refractivity contribution in [2.24, 2.45) is 0 Å². The second kappa shape index (κ2) is 4.63. The van der Waals surface area contributed by atoms with Crippen molar-refractivity contribution >= 4 is 11.0 Å². The molecule has 0 spiro atoms. The molecule has 4 heteroatoms. The average Bonchev–Trinajstić information content (AvgIpc) is 2.77. The number of benzene rings is 1. The summed E-state index contributed by atoms with van der Waals surface area (Å²) in [4.78, 5) is 8.85. The fourth-order valence-electron chi connectivity index (χ4n) is 2.56. The first-order chi connectivity index (χ1) is 9.58. The van der Waals surface area contributed by atoms with Gasteiger partial charge in [-0.05, 0) is 50.6 Å². The number of nitrogens with zero attached hydrogens (tertiary/aromatic N) is 3. The van der Waals surface area contributed by atoms with E-state index in [4.69, 9.17) is 4.98 Å². The minimum absolute atomic E-state index is 0.278. The Morgan fingerprint density at radius 2 is 2.00 bits per heavy atom. The van der Waals surface area contributed by atoms with E-state index in [1.54, 1.807) is 24.5 Å². The third-order valence-corrected chi connectivity index (χ3v) is 3.46. The second-order valence-corrected chi connectivity index (χ2v) is 5.26. The number of aromatic nitrogens is 3. The Balaban J connectivity index is 2.32. The van der Waals surface area contributed by atoms with Gasteiger partial charge in [-0.2, -0.15) is 0 Å². The van der Waals surface area contributed by atoms with E-state index in [9.17, 15) is 5.11 Å². The highest BCUT2D eigenvalue weighted by molar-refractivity contribution is 5.80. The lowest BCUT2D eigenvalue weighted by Crippen LogP contribution is -2.03. The van der Waals surface area contributed by atoms with Crippen molar-refractivity contribution in [3.05, 3.63) is 42.2 Å². The summed E-state index contributed by atoms with van der Waals surface area (Å²) in [5.74, 6) is 1.20. The first-order valence-corrected chi connectivity index (χ1v) is 6.70. The fraction of sp³-hybridized carbons (Fsp3) is 0.250. The first-order valence-electron chi connectivity index (χ1n) is 6.70. The Bertz CT molecular complexity index is 774. The molecule has 0 amide bonds. The van der Waals surface area contributed by atoms with Crippen molar-refractivity contribution in [3.63, 3.8) is 0 Å². The molecular weight excluding hydrogens is 250 g/mol. The van der Waals surface area contributed by atoms with Crippen LogP contribution < -0.4 is 0 Å². The second-order valence-electron chi connectivity index (χ2n) is 5.26. The number of hydrogen-bond donors (Lipinski definition) is 1. The number of aromatic hydroxyl groups is 1. The highest BCUT2D eigenvalue weighted by Gasteiger charge is 2.16. The molecule has 102 valence electrons. The van der Waals surface area contributed by atoms with Crippen LogP contribution >= 0.6 is 0 Å². The smallest absolute Gasteiger partial charge is 0.141 e. The van der Waals surface area contributed by atoms with E-state index in [1.807, 2.05) is 19.1 Å². The van der Waals surface area contributed by atoms with Gasteiger partial charge in [-0.25, -0.2) is 4.98 Å². The van der Waals surface area contributed by atoms with Crippen molar-refractivity contribution in [2.45, 2.75) is 26.8 Å². The van der Waals surface area contributed by atoms with Crippen LogP contribution in [0.4, 0.5) is 0 Å². The summed E-state index contributed by atoms with van der Waals surface area (Å²) in [7, 11) is 0. The molecule has 0 aliphatic rings. The molecule has 0 aliphatic heterocycles. The zero-order valence-corrected chi connectivity index (χ0v) is 11.8. The summed E-state index contributed by atoms with van der Waals surface area (Å²) >= 11 is 0. The van der Waals surface area contributed by atoms with E-state index >= 15 is 0 Å². The number of imidazole rings is 1. The predicted molar refractivity (Wildman–Crippen MR) is 79.8 cm³/mol. The molecule has 3 aromatic rings. The molecule has 0 atom stereocenters. The van der Waals surface area contributed by atoms with Gasteiger partial charge in [-0.15, -0.1) is 0 Å². The average molecular weight is 267 g/mol. The summed E-state index contributed by atoms with van der Waals surface area (Å²) in [5.41, 5.74) is 4.02. The van der Waals surface area contributed by atoms with Gasteiger partial charge in [-0.1, -0.05) is 0 Å². The minimum Gasteiger partial charge on any atom is -0.508 e. The van der Waals surface area contributed by atoms with E-state index in [0.29, 0.717) is 6.04 Å². The largest absolute Gasteiger partial charge is 0.508 e. The van der Waals surface area contributed by atoms with Crippen molar-refractivity contribution in [3.8, 4) is 17.1 Å². The third-order valence-electron chi connectivity index (χ3n) is 3.46. The Hall–Kier alpha value is -2.36. The molecule has 1 N–H and O–H groups in total. The van der Waals surface area contributed by atoms with Gasteiger partial charge >= 0.3 is 0 Å². The monoisotopic (exact) mass is 267 g/mol. The molecule has 4 nitrogen and oxygen atoms in total. The van der Waals surface area contributed by atoms with Crippen molar-refractivity contribution in [1.82, 2.24) is 14.5 Å². The number of aryl methyl sites for hydroxylation is 1. The van der Waals surface area contributed by atoms with Crippen LogP contribution in [-0.4, -0.2) is 19.6 Å². The van der Waals surface area contributed by atoms with Gasteiger partial charge in [0.25, 0.3) is 0 Å². The fourth-order valence-corrected chi connectivity index (χ4v) is 2.56. The molecule has 0 unspecified atom stereocenters. The van der Waals surface area contributed by atoms with Gasteiger partial charge in [-0.3, -0.25) is 4.98 Å². The molecular formula is C16H17N3O. The SMILES string of the molecule is Cc1cc(O)ccc1-c1nc2cnccc2n1C(C)C. The lowest BCUT2D eigenvalue weighted by Gasteiger charge is -2.14. The van der Waals surface area contributed by atoms with Gasteiger partial charge in [0, 0.05) is 17.8 Å². The van der Waals surface area contributed by atoms with Crippen LogP contribution in [-0.2, 0) is 0 Å². The van der Waals surface area contributed by atoms with Crippen LogP contribution in [0.25, 0.3) is 22.4 Å². The molecule has 3 rings (SSSR count). The Labute approximate surface area is 117 Å². The number of fused-ring (bicyclic) bond motifs is 1. The van der Waals surface area contributed by atoms with Crippen LogP contribution in [0.1, 0.15) is 25.5 Å². The molecule has 2 heterocycles. The number of rotatable bonds is 2. The summed E-state index contributed by atoms with van der Waals surface area (Å²) in [6.07, 6.45) is 3.57. The maximum atomic E-state index is 9.57. The first kappa shape index (κ1) is 12.7. The quantitative estimate of drug-likeness (QED) is 0.770. The van der Waals surface area contributed by atoms with Crippen molar-refractivity contribution in [1.29, 1.82) is 0 Å². The number of phenols is 1. The van der Waals surface area contributed by atoms with E-state index in [0.717, 1.165) is 28.0 Å². The Morgan fingerprint density at radius 1 is 1.20 bits per heavy atom. The molecule has 0 saturated heterocycles. The maximum absolute atomic E-state index is 9.57. The molecule has 20 heavy (non-hydrogen) atoms. The molecule has 0 aliphatic carbocycles. The summed E-state index contributed by atoms with van der Waals surface area (Å²) < 4.78 is 2.20. The molecule has 2 aromatic heterocycles. The van der Waals surface area contributed by atoms with Crippen LogP contribution in [0.5, 0.6) is 5.75 Å². The molecule has 0 radical (unpaired) electrons. The topological polar surface area (TPSA) is 50.9 Å². The van der Waals surface area contributed by atoms with E-state index in [2.05, 4.69) is 23.4 Å². The van der Waals surface area contributed by atoms with Gasteiger partial charge in [0.2, 0.25) is 0 Å². The zero-order valence-electron chi connectivity index (χ0n) is 11.8. The van der Waals surface area contributed by atoms with Crippen molar-refractivity contribution < 1.29 is 5.11 Å². The lowest BCUT2D eigenvalue weighted by atomic mass is 10.1. The number of hydrogen-bond acceptors (Lipinski definition) is 3. The van der Waals surface area contributed by atoms with Crippen molar-refractivity contribution in [2.75, 3.05) is 0 Å². The van der Waals surface area contributed by atoms with Gasteiger partial charge in [0.15, 0.2) is 0 Å². The number of phenolic OH excluding ortho intramolecular Hbond substituents is 1. The lowest BCUT2D eigenvalue weighted by molar-refractivity contribution is 0.475. The summed E-state index contributed by atoms with van der Waals surface area (Å²) in [6, 6.07) is 7.66. The highest BCUT2D eigenvalue weighted by atomic mass is 16.3.